The van der Waals surface area contributed by atoms with Gasteiger partial charge in [0, 0.05) is 18.7 Å². The molecule has 0 aromatic carbocycles. The van der Waals surface area contributed by atoms with Crippen molar-refractivity contribution in [2.24, 2.45) is 5.73 Å². The molecule has 3 heteroatoms. The average molecular weight is 209 g/mol. The normalized spacial score (nSPS) is 13.0. The van der Waals surface area contributed by atoms with Crippen LogP contribution in [0.15, 0.2) is 6.20 Å². The molecule has 1 aromatic rings. The van der Waals surface area contributed by atoms with E-state index >= 15 is 0 Å². The van der Waals surface area contributed by atoms with E-state index in [1.165, 1.54) is 25.7 Å². The molecule has 0 aliphatic rings. The predicted octanol–water partition coefficient (Wildman–Crippen LogP) is 2.94. The smallest absolute Gasteiger partial charge is 0.106 e. The zero-order valence-corrected chi connectivity index (χ0v) is 9.92. The van der Waals surface area contributed by atoms with Gasteiger partial charge < -0.3 is 10.7 Å². The highest BCUT2D eigenvalue weighted by Crippen LogP contribution is 2.12. The van der Waals surface area contributed by atoms with Gasteiger partial charge in [0.2, 0.25) is 0 Å². The maximum absolute atomic E-state index is 5.91. The summed E-state index contributed by atoms with van der Waals surface area (Å²) in [7, 11) is 0. The van der Waals surface area contributed by atoms with Gasteiger partial charge in [-0.3, -0.25) is 0 Å². The fraction of sp³-hybridized carbons (Fsp3) is 0.750. The second-order valence-electron chi connectivity index (χ2n) is 4.11. The lowest BCUT2D eigenvalue weighted by Gasteiger charge is -2.04. The van der Waals surface area contributed by atoms with E-state index in [0.717, 1.165) is 24.4 Å². The third kappa shape index (κ3) is 4.04. The molecule has 0 saturated heterocycles. The number of nitrogens with one attached hydrogen (secondary N) is 1. The van der Waals surface area contributed by atoms with Crippen molar-refractivity contribution < 1.29 is 0 Å². The summed E-state index contributed by atoms with van der Waals surface area (Å²) in [6.07, 6.45) is 9.01. The SMILES string of the molecule is CCCCCCc1ncc(C(N)CC)[nH]1. The summed E-state index contributed by atoms with van der Waals surface area (Å²) < 4.78 is 0. The van der Waals surface area contributed by atoms with Crippen molar-refractivity contribution in [3.05, 3.63) is 17.7 Å². The third-order valence-electron chi connectivity index (χ3n) is 2.75. The van der Waals surface area contributed by atoms with Crippen LogP contribution in [0.25, 0.3) is 0 Å². The van der Waals surface area contributed by atoms with E-state index in [2.05, 4.69) is 23.8 Å². The Morgan fingerprint density at radius 1 is 1.33 bits per heavy atom. The molecule has 86 valence electrons. The van der Waals surface area contributed by atoms with Crippen molar-refractivity contribution in [3.8, 4) is 0 Å². The fourth-order valence-electron chi connectivity index (χ4n) is 1.63. The van der Waals surface area contributed by atoms with Crippen LogP contribution in [0.2, 0.25) is 0 Å². The van der Waals surface area contributed by atoms with E-state index in [9.17, 15) is 0 Å². The largest absolute Gasteiger partial charge is 0.345 e. The van der Waals surface area contributed by atoms with Gasteiger partial charge >= 0.3 is 0 Å². The second kappa shape index (κ2) is 6.62. The minimum atomic E-state index is 0.113. The van der Waals surface area contributed by atoms with Crippen molar-refractivity contribution in [1.29, 1.82) is 0 Å². The van der Waals surface area contributed by atoms with Gasteiger partial charge in [-0.05, 0) is 12.8 Å². The highest BCUT2D eigenvalue weighted by atomic mass is 14.9. The molecule has 0 fully saturated rings. The first kappa shape index (κ1) is 12.2. The molecule has 1 rings (SSSR count). The molecular weight excluding hydrogens is 186 g/mol. The van der Waals surface area contributed by atoms with E-state index in [-0.39, 0.29) is 6.04 Å². The van der Waals surface area contributed by atoms with E-state index in [0.29, 0.717) is 0 Å². The Kier molecular flexibility index (Phi) is 5.40. The Bertz CT molecular complexity index is 268. The van der Waals surface area contributed by atoms with Gasteiger partial charge in [-0.2, -0.15) is 0 Å². The molecule has 0 bridgehead atoms. The van der Waals surface area contributed by atoms with Crippen LogP contribution in [0.4, 0.5) is 0 Å². The van der Waals surface area contributed by atoms with Crippen LogP contribution in [-0.2, 0) is 6.42 Å². The summed E-state index contributed by atoms with van der Waals surface area (Å²) in [5.41, 5.74) is 6.98. The predicted molar refractivity (Wildman–Crippen MR) is 63.7 cm³/mol. The Hall–Kier alpha value is -0.830. The summed E-state index contributed by atoms with van der Waals surface area (Å²) in [4.78, 5) is 7.65. The van der Waals surface area contributed by atoms with Crippen molar-refractivity contribution in [2.45, 2.75) is 58.4 Å². The number of rotatable bonds is 7. The van der Waals surface area contributed by atoms with E-state index < -0.39 is 0 Å². The molecular formula is C12H23N3. The number of aromatic nitrogens is 2. The number of H-pyrrole nitrogens is 1. The number of hydrogen-bond acceptors (Lipinski definition) is 2. The fourth-order valence-corrected chi connectivity index (χ4v) is 1.63. The molecule has 1 atom stereocenters. The molecule has 15 heavy (non-hydrogen) atoms. The van der Waals surface area contributed by atoms with E-state index in [1.807, 2.05) is 6.20 Å². The van der Waals surface area contributed by atoms with Crippen LogP contribution >= 0.6 is 0 Å². The van der Waals surface area contributed by atoms with Crippen LogP contribution in [0.1, 0.15) is 63.5 Å². The topological polar surface area (TPSA) is 54.7 Å². The first-order chi connectivity index (χ1) is 7.27. The number of aromatic amines is 1. The minimum Gasteiger partial charge on any atom is -0.345 e. The van der Waals surface area contributed by atoms with Crippen LogP contribution in [0.3, 0.4) is 0 Å². The van der Waals surface area contributed by atoms with Gasteiger partial charge in [-0.25, -0.2) is 4.98 Å². The van der Waals surface area contributed by atoms with E-state index in [4.69, 9.17) is 5.73 Å². The van der Waals surface area contributed by atoms with Crippen LogP contribution in [0.5, 0.6) is 0 Å². The monoisotopic (exact) mass is 209 g/mol. The Labute approximate surface area is 92.5 Å². The summed E-state index contributed by atoms with van der Waals surface area (Å²) in [6.45, 7) is 4.32. The first-order valence-electron chi connectivity index (χ1n) is 6.07. The molecule has 1 heterocycles. The maximum atomic E-state index is 5.91. The Morgan fingerprint density at radius 3 is 2.80 bits per heavy atom. The minimum absolute atomic E-state index is 0.113. The van der Waals surface area contributed by atoms with Crippen molar-refractivity contribution in [3.63, 3.8) is 0 Å². The van der Waals surface area contributed by atoms with Crippen LogP contribution < -0.4 is 5.73 Å². The standard InChI is InChI=1S/C12H23N3/c1-3-5-6-7-8-12-14-9-11(15-12)10(13)4-2/h9-10H,3-8,13H2,1-2H3,(H,14,15). The second-order valence-corrected chi connectivity index (χ2v) is 4.11. The van der Waals surface area contributed by atoms with Crippen molar-refractivity contribution in [2.75, 3.05) is 0 Å². The Balaban J connectivity index is 2.33. The van der Waals surface area contributed by atoms with Gasteiger partial charge in [0.25, 0.3) is 0 Å². The highest BCUT2D eigenvalue weighted by molar-refractivity contribution is 5.05. The molecule has 1 unspecified atom stereocenters. The molecule has 1 aromatic heterocycles. The molecule has 0 radical (unpaired) electrons. The summed E-state index contributed by atoms with van der Waals surface area (Å²) >= 11 is 0. The van der Waals surface area contributed by atoms with Gasteiger partial charge in [-0.15, -0.1) is 0 Å². The quantitative estimate of drug-likeness (QED) is 0.678. The molecule has 0 spiro atoms. The van der Waals surface area contributed by atoms with Crippen molar-refractivity contribution in [1.82, 2.24) is 9.97 Å². The zero-order valence-electron chi connectivity index (χ0n) is 9.92. The van der Waals surface area contributed by atoms with Crippen molar-refractivity contribution >= 4 is 0 Å². The van der Waals surface area contributed by atoms with Gasteiger partial charge in [0.1, 0.15) is 5.82 Å². The number of hydrogen-bond donors (Lipinski definition) is 2. The number of nitrogens with zero attached hydrogens (tertiary/aromatic N) is 1. The van der Waals surface area contributed by atoms with Gasteiger partial charge in [-0.1, -0.05) is 33.1 Å². The third-order valence-corrected chi connectivity index (χ3v) is 2.75. The van der Waals surface area contributed by atoms with E-state index in [1.54, 1.807) is 0 Å². The number of unbranched alkanes of at least 4 members (excludes halogenated alkanes) is 3. The number of imidazole rings is 1. The van der Waals surface area contributed by atoms with Crippen LogP contribution in [0, 0.1) is 0 Å². The molecule has 0 amide bonds. The molecule has 3 nitrogen and oxygen atoms in total. The zero-order chi connectivity index (χ0) is 11.1. The first-order valence-corrected chi connectivity index (χ1v) is 6.07. The summed E-state index contributed by atoms with van der Waals surface area (Å²) in [5, 5.41) is 0. The Morgan fingerprint density at radius 2 is 2.13 bits per heavy atom. The maximum Gasteiger partial charge on any atom is 0.106 e. The molecule has 3 N–H and O–H groups in total. The van der Waals surface area contributed by atoms with Gasteiger partial charge in [0.05, 0.1) is 5.69 Å². The molecule has 0 saturated carbocycles. The van der Waals surface area contributed by atoms with Gasteiger partial charge in [0.15, 0.2) is 0 Å². The lowest BCUT2D eigenvalue weighted by Crippen LogP contribution is -2.08. The molecule has 0 aliphatic carbocycles. The summed E-state index contributed by atoms with van der Waals surface area (Å²) in [5.74, 6) is 1.09. The number of nitrogens with two attached hydrogens (primary N) is 1. The molecule has 0 aliphatic heterocycles. The highest BCUT2D eigenvalue weighted by Gasteiger charge is 2.06. The lowest BCUT2D eigenvalue weighted by molar-refractivity contribution is 0.648. The number of aryl methyl sites for hydroxylation is 1. The van der Waals surface area contributed by atoms with Crippen LogP contribution in [-0.4, -0.2) is 9.97 Å². The lowest BCUT2D eigenvalue weighted by atomic mass is 10.1. The summed E-state index contributed by atoms with van der Waals surface area (Å²) in [6, 6.07) is 0.113. The average Bonchev–Trinajstić information content (AvgIpc) is 2.72.